The van der Waals surface area contributed by atoms with E-state index in [9.17, 15) is 4.79 Å². The third-order valence-corrected chi connectivity index (χ3v) is 6.04. The molecule has 176 valence electrons. The average molecular weight is 469 g/mol. The second-order valence-electron chi connectivity index (χ2n) is 8.10. The van der Waals surface area contributed by atoms with Crippen molar-refractivity contribution in [2.75, 3.05) is 31.1 Å². The van der Waals surface area contributed by atoms with Gasteiger partial charge in [-0.25, -0.2) is 14.4 Å². The molecule has 1 amide bonds. The number of fused-ring (bicyclic) bond motifs is 2. The molecule has 8 heteroatoms. The van der Waals surface area contributed by atoms with Gasteiger partial charge in [0.25, 0.3) is 0 Å². The Labute approximate surface area is 203 Å². The van der Waals surface area contributed by atoms with Crippen molar-refractivity contribution in [2.24, 2.45) is 0 Å². The van der Waals surface area contributed by atoms with Crippen molar-refractivity contribution in [2.45, 2.75) is 13.8 Å². The summed E-state index contributed by atoms with van der Waals surface area (Å²) in [5.74, 6) is 0.0926. The molecule has 1 fully saturated rings. The lowest BCUT2D eigenvalue weighted by Gasteiger charge is -2.35. The normalized spacial score (nSPS) is 13.2. The molecule has 0 unspecified atom stereocenters. The van der Waals surface area contributed by atoms with Crippen LogP contribution in [0.1, 0.15) is 12.5 Å². The van der Waals surface area contributed by atoms with Gasteiger partial charge in [0.2, 0.25) is 5.91 Å². The molecule has 1 saturated heterocycles. The predicted molar refractivity (Wildman–Crippen MR) is 135 cm³/mol. The Kier molecular flexibility index (Phi) is 6.97. The summed E-state index contributed by atoms with van der Waals surface area (Å²) in [5, 5.41) is 9.91. The number of nitriles is 1. The molecule has 2 aromatic heterocycles. The summed E-state index contributed by atoms with van der Waals surface area (Å²) in [6, 6.07) is 13.6. The van der Waals surface area contributed by atoms with Gasteiger partial charge in [0.05, 0.1) is 11.5 Å². The Hall–Kier alpha value is -4.38. The second-order valence-corrected chi connectivity index (χ2v) is 8.10. The van der Waals surface area contributed by atoms with Crippen LogP contribution in [0.2, 0.25) is 0 Å². The summed E-state index contributed by atoms with van der Waals surface area (Å²) in [6.07, 6.45) is 4.37. The molecule has 35 heavy (non-hydrogen) atoms. The van der Waals surface area contributed by atoms with Gasteiger partial charge >= 0.3 is 0 Å². The standard InChI is InChI=1S/C25H22FN5O.C2H3N/c1-3-20(32)30-10-12-31(13-11-30)25-19-14-27-23(22(26)24(19)28-15-29-25)18-9-5-8-17-7-4-6-16(2)21(17)18;1-2-3/h3-9,14-15H,1,10-13H2,2H3;1H3. The number of nitrogens with zero attached hydrogens (tertiary/aromatic N) is 6. The molecule has 0 atom stereocenters. The first-order chi connectivity index (χ1) is 17.0. The van der Waals surface area contributed by atoms with Gasteiger partial charge in [-0.05, 0) is 29.3 Å². The first-order valence-electron chi connectivity index (χ1n) is 11.2. The van der Waals surface area contributed by atoms with Gasteiger partial charge in [0.1, 0.15) is 23.4 Å². The first-order valence-corrected chi connectivity index (χ1v) is 11.2. The maximum atomic E-state index is 15.7. The fourth-order valence-corrected chi connectivity index (χ4v) is 4.41. The minimum atomic E-state index is -0.456. The summed E-state index contributed by atoms with van der Waals surface area (Å²) in [5.41, 5.74) is 2.34. The molecule has 5 rings (SSSR count). The summed E-state index contributed by atoms with van der Waals surface area (Å²) in [7, 11) is 0. The second kappa shape index (κ2) is 10.3. The third-order valence-electron chi connectivity index (χ3n) is 6.04. The van der Waals surface area contributed by atoms with E-state index in [4.69, 9.17) is 5.26 Å². The number of benzene rings is 2. The van der Waals surface area contributed by atoms with Crippen LogP contribution in [0, 0.1) is 24.1 Å². The lowest BCUT2D eigenvalue weighted by molar-refractivity contribution is -0.126. The molecule has 0 bridgehead atoms. The van der Waals surface area contributed by atoms with Crippen LogP contribution in [0.3, 0.4) is 0 Å². The van der Waals surface area contributed by atoms with E-state index in [2.05, 4.69) is 21.5 Å². The highest BCUT2D eigenvalue weighted by Gasteiger charge is 2.24. The summed E-state index contributed by atoms with van der Waals surface area (Å²) in [6.45, 7) is 9.29. The Balaban J connectivity index is 0.000000917. The van der Waals surface area contributed by atoms with Crippen LogP contribution in [0.4, 0.5) is 10.2 Å². The molecule has 0 saturated carbocycles. The molecule has 1 aliphatic heterocycles. The number of aromatic nitrogens is 3. The van der Waals surface area contributed by atoms with E-state index in [0.29, 0.717) is 37.4 Å². The van der Waals surface area contributed by atoms with Crippen molar-refractivity contribution >= 4 is 33.4 Å². The third kappa shape index (κ3) is 4.53. The van der Waals surface area contributed by atoms with Crippen molar-refractivity contribution in [3.8, 4) is 17.3 Å². The number of amides is 1. The number of halogens is 1. The Morgan fingerprint density at radius 2 is 1.80 bits per heavy atom. The van der Waals surface area contributed by atoms with Crippen LogP contribution in [0.25, 0.3) is 32.9 Å². The zero-order valence-corrected chi connectivity index (χ0v) is 19.7. The summed E-state index contributed by atoms with van der Waals surface area (Å²) < 4.78 is 15.7. The smallest absolute Gasteiger partial charge is 0.246 e. The number of anilines is 1. The highest BCUT2D eigenvalue weighted by atomic mass is 19.1. The van der Waals surface area contributed by atoms with Gasteiger partial charge in [-0.1, -0.05) is 43.0 Å². The lowest BCUT2D eigenvalue weighted by Crippen LogP contribution is -2.48. The van der Waals surface area contributed by atoms with E-state index in [1.807, 2.05) is 48.2 Å². The molecule has 7 nitrogen and oxygen atoms in total. The van der Waals surface area contributed by atoms with E-state index in [-0.39, 0.29) is 17.1 Å². The predicted octanol–water partition coefficient (Wildman–Crippen LogP) is 4.66. The van der Waals surface area contributed by atoms with E-state index in [1.165, 1.54) is 19.3 Å². The van der Waals surface area contributed by atoms with Crippen LogP contribution >= 0.6 is 0 Å². The van der Waals surface area contributed by atoms with Gasteiger partial charge < -0.3 is 9.80 Å². The van der Waals surface area contributed by atoms with Gasteiger partial charge in [0.15, 0.2) is 5.82 Å². The van der Waals surface area contributed by atoms with Gasteiger partial charge in [-0.15, -0.1) is 0 Å². The molecule has 0 N–H and O–H groups in total. The highest BCUT2D eigenvalue weighted by Crippen LogP contribution is 2.34. The number of hydrogen-bond donors (Lipinski definition) is 0. The number of rotatable bonds is 3. The van der Waals surface area contributed by atoms with E-state index < -0.39 is 5.82 Å². The molecule has 0 spiro atoms. The van der Waals surface area contributed by atoms with E-state index in [0.717, 1.165) is 21.9 Å². The summed E-state index contributed by atoms with van der Waals surface area (Å²) in [4.78, 5) is 28.8. The Bertz CT molecular complexity index is 1450. The van der Waals surface area contributed by atoms with Crippen molar-refractivity contribution in [1.29, 1.82) is 5.26 Å². The molecule has 2 aromatic carbocycles. The van der Waals surface area contributed by atoms with Crippen molar-refractivity contribution in [1.82, 2.24) is 19.9 Å². The molecule has 0 radical (unpaired) electrons. The largest absolute Gasteiger partial charge is 0.352 e. The fraction of sp³-hybridized carbons (Fsp3) is 0.222. The number of hydrogen-bond acceptors (Lipinski definition) is 6. The number of pyridine rings is 1. The van der Waals surface area contributed by atoms with E-state index >= 15 is 4.39 Å². The molecule has 0 aliphatic carbocycles. The minimum absolute atomic E-state index is 0.0834. The molecular formula is C27H25FN6O. The van der Waals surface area contributed by atoms with Crippen LogP contribution in [0.5, 0.6) is 0 Å². The van der Waals surface area contributed by atoms with Gasteiger partial charge in [-0.3, -0.25) is 9.78 Å². The quantitative estimate of drug-likeness (QED) is 0.407. The van der Waals surface area contributed by atoms with Crippen LogP contribution in [-0.4, -0.2) is 51.9 Å². The zero-order valence-electron chi connectivity index (χ0n) is 19.7. The first kappa shape index (κ1) is 23.8. The number of carbonyl (C=O) groups excluding carboxylic acids is 1. The maximum absolute atomic E-state index is 15.7. The Morgan fingerprint density at radius 3 is 2.49 bits per heavy atom. The Morgan fingerprint density at radius 1 is 1.11 bits per heavy atom. The SMILES string of the molecule is C=CC(=O)N1CCN(c2ncnc3c(F)c(-c4cccc5cccc(C)c45)ncc23)CC1.CC#N. The number of piperazine rings is 1. The molecular weight excluding hydrogens is 443 g/mol. The summed E-state index contributed by atoms with van der Waals surface area (Å²) >= 11 is 0. The molecule has 1 aliphatic rings. The topological polar surface area (TPSA) is 86.0 Å². The lowest BCUT2D eigenvalue weighted by atomic mass is 9.97. The number of carbonyl (C=O) groups is 1. The monoisotopic (exact) mass is 468 g/mol. The maximum Gasteiger partial charge on any atom is 0.246 e. The fourth-order valence-electron chi connectivity index (χ4n) is 4.41. The highest BCUT2D eigenvalue weighted by molar-refractivity contribution is 6.00. The van der Waals surface area contributed by atoms with Crippen molar-refractivity contribution in [3.05, 3.63) is 73.0 Å². The zero-order chi connectivity index (χ0) is 24.9. The number of aryl methyl sites for hydroxylation is 1. The average Bonchev–Trinajstić information content (AvgIpc) is 2.89. The van der Waals surface area contributed by atoms with Crippen LogP contribution in [-0.2, 0) is 4.79 Å². The van der Waals surface area contributed by atoms with Crippen LogP contribution in [0.15, 0.2) is 61.6 Å². The minimum Gasteiger partial charge on any atom is -0.352 e. The molecule has 4 aromatic rings. The molecule has 3 heterocycles. The van der Waals surface area contributed by atoms with Gasteiger partial charge in [-0.2, -0.15) is 5.26 Å². The van der Waals surface area contributed by atoms with Crippen LogP contribution < -0.4 is 4.90 Å². The van der Waals surface area contributed by atoms with Gasteiger partial charge in [0, 0.05) is 44.9 Å². The van der Waals surface area contributed by atoms with E-state index in [1.54, 1.807) is 17.2 Å². The van der Waals surface area contributed by atoms with Crippen molar-refractivity contribution < 1.29 is 9.18 Å². The van der Waals surface area contributed by atoms with Crippen molar-refractivity contribution in [3.63, 3.8) is 0 Å².